The number of amides is 2. The van der Waals surface area contributed by atoms with Gasteiger partial charge < -0.3 is 14.8 Å². The first kappa shape index (κ1) is 17.7. The minimum absolute atomic E-state index is 0.0567. The number of hydrogen-bond acceptors (Lipinski definition) is 4. The lowest BCUT2D eigenvalue weighted by Crippen LogP contribution is -2.37. The van der Waals surface area contributed by atoms with Gasteiger partial charge in [0.25, 0.3) is 5.91 Å². The predicted octanol–water partition coefficient (Wildman–Crippen LogP) is 0.247. The molecule has 0 aliphatic carbocycles. The van der Waals surface area contributed by atoms with Gasteiger partial charge in [-0.05, 0) is 43.8 Å². The van der Waals surface area contributed by atoms with E-state index >= 15 is 0 Å². The Kier molecular flexibility index (Phi) is 5.22. The first-order valence-electron chi connectivity index (χ1n) is 8.84. The average molecular weight is 346 g/mol. The van der Waals surface area contributed by atoms with Gasteiger partial charge >= 0.3 is 0 Å². The number of hydrogen-bond donors (Lipinski definition) is 1. The van der Waals surface area contributed by atoms with E-state index in [0.29, 0.717) is 23.9 Å². The Bertz CT molecular complexity index is 684. The molecule has 0 saturated carbocycles. The van der Waals surface area contributed by atoms with Crippen molar-refractivity contribution in [2.24, 2.45) is 11.8 Å². The number of likely N-dealkylation sites (tertiary alicyclic amines) is 2. The van der Waals surface area contributed by atoms with Gasteiger partial charge in [0.15, 0.2) is 0 Å². The first-order valence-corrected chi connectivity index (χ1v) is 8.84. The van der Waals surface area contributed by atoms with E-state index in [-0.39, 0.29) is 17.4 Å². The number of fused-ring (bicyclic) bond motifs is 1. The number of nitrogens with zero attached hydrogens (tertiary/aromatic N) is 3. The Morgan fingerprint density at radius 2 is 1.84 bits per heavy atom. The van der Waals surface area contributed by atoms with Crippen LogP contribution in [0.3, 0.4) is 0 Å². The highest BCUT2D eigenvalue weighted by Crippen LogP contribution is 2.32. The Hall–Kier alpha value is -2.15. The van der Waals surface area contributed by atoms with Crippen LogP contribution in [0.15, 0.2) is 23.1 Å². The van der Waals surface area contributed by atoms with E-state index in [2.05, 4.69) is 9.88 Å². The zero-order chi connectivity index (χ0) is 18.0. The van der Waals surface area contributed by atoms with Gasteiger partial charge in [-0.3, -0.25) is 19.3 Å². The van der Waals surface area contributed by atoms with Gasteiger partial charge in [0, 0.05) is 45.0 Å². The number of carbonyl (C=O) groups excluding carboxylic acids is 2. The monoisotopic (exact) mass is 346 g/mol. The van der Waals surface area contributed by atoms with E-state index in [1.54, 1.807) is 25.1 Å². The molecule has 0 unspecified atom stereocenters. The molecule has 3 heterocycles. The van der Waals surface area contributed by atoms with Crippen LogP contribution in [0.4, 0.5) is 0 Å². The second-order valence-corrected chi connectivity index (χ2v) is 7.31. The summed E-state index contributed by atoms with van der Waals surface area (Å²) in [5.41, 5.74) is 0.207. The molecule has 1 N–H and O–H groups in total. The Labute approximate surface area is 147 Å². The van der Waals surface area contributed by atoms with E-state index in [1.807, 2.05) is 4.90 Å². The van der Waals surface area contributed by atoms with Crippen molar-refractivity contribution in [3.05, 3.63) is 34.2 Å². The van der Waals surface area contributed by atoms with Crippen LogP contribution in [0.1, 0.15) is 23.2 Å². The van der Waals surface area contributed by atoms with E-state index in [0.717, 1.165) is 39.0 Å². The van der Waals surface area contributed by atoms with Crippen LogP contribution >= 0.6 is 0 Å². The summed E-state index contributed by atoms with van der Waals surface area (Å²) in [6.07, 6.45) is 3.53. The number of pyridine rings is 1. The normalized spacial score (nSPS) is 23.8. The van der Waals surface area contributed by atoms with Gasteiger partial charge in [-0.1, -0.05) is 0 Å². The highest BCUT2D eigenvalue weighted by molar-refractivity contribution is 5.94. The van der Waals surface area contributed by atoms with Crippen LogP contribution in [0.25, 0.3) is 0 Å². The summed E-state index contributed by atoms with van der Waals surface area (Å²) in [5, 5.41) is 0. The van der Waals surface area contributed by atoms with Crippen molar-refractivity contribution in [2.75, 3.05) is 46.8 Å². The van der Waals surface area contributed by atoms with Crippen molar-refractivity contribution in [1.29, 1.82) is 0 Å². The van der Waals surface area contributed by atoms with E-state index in [1.165, 1.54) is 12.3 Å². The molecular weight excluding hydrogens is 320 g/mol. The average Bonchev–Trinajstić information content (AvgIpc) is 2.90. The number of aromatic nitrogens is 1. The SMILES string of the molecule is CN(C)C(=O)CN1CC[C@@H]2CN(C(=O)c3cc[nH]c(=O)c3)C[C@@H]2CC1. The van der Waals surface area contributed by atoms with Gasteiger partial charge in [-0.2, -0.15) is 0 Å². The minimum Gasteiger partial charge on any atom is -0.348 e. The van der Waals surface area contributed by atoms with Crippen LogP contribution in [-0.2, 0) is 4.79 Å². The Balaban J connectivity index is 1.58. The Morgan fingerprint density at radius 3 is 2.40 bits per heavy atom. The lowest BCUT2D eigenvalue weighted by atomic mass is 9.92. The fraction of sp³-hybridized carbons (Fsp3) is 0.611. The van der Waals surface area contributed by atoms with Crippen molar-refractivity contribution in [3.8, 4) is 0 Å². The highest BCUT2D eigenvalue weighted by atomic mass is 16.2. The van der Waals surface area contributed by atoms with Gasteiger partial charge in [-0.15, -0.1) is 0 Å². The molecule has 3 rings (SSSR count). The summed E-state index contributed by atoms with van der Waals surface area (Å²) in [7, 11) is 3.57. The number of likely N-dealkylation sites (N-methyl/N-ethyl adjacent to an activating group) is 1. The molecule has 7 heteroatoms. The summed E-state index contributed by atoms with van der Waals surface area (Å²) in [5.74, 6) is 1.03. The molecule has 0 bridgehead atoms. The van der Waals surface area contributed by atoms with Crippen molar-refractivity contribution in [3.63, 3.8) is 0 Å². The molecule has 2 aliphatic rings. The summed E-state index contributed by atoms with van der Waals surface area (Å²) < 4.78 is 0. The molecule has 136 valence electrons. The molecule has 0 spiro atoms. The van der Waals surface area contributed by atoms with Crippen LogP contribution in [-0.4, -0.2) is 78.3 Å². The summed E-state index contributed by atoms with van der Waals surface area (Å²) >= 11 is 0. The molecule has 2 fully saturated rings. The second-order valence-electron chi connectivity index (χ2n) is 7.31. The predicted molar refractivity (Wildman–Crippen MR) is 94.3 cm³/mol. The third kappa shape index (κ3) is 4.10. The second kappa shape index (κ2) is 7.39. The molecule has 7 nitrogen and oxygen atoms in total. The molecule has 1 aromatic heterocycles. The molecule has 25 heavy (non-hydrogen) atoms. The first-order chi connectivity index (χ1) is 11.9. The zero-order valence-corrected chi connectivity index (χ0v) is 14.9. The van der Waals surface area contributed by atoms with Crippen molar-refractivity contribution in [2.45, 2.75) is 12.8 Å². The summed E-state index contributed by atoms with van der Waals surface area (Å²) in [4.78, 5) is 44.2. The topological polar surface area (TPSA) is 76.7 Å². The van der Waals surface area contributed by atoms with Gasteiger partial charge in [0.1, 0.15) is 0 Å². The van der Waals surface area contributed by atoms with Crippen LogP contribution in [0.5, 0.6) is 0 Å². The zero-order valence-electron chi connectivity index (χ0n) is 14.9. The maximum atomic E-state index is 12.6. The highest BCUT2D eigenvalue weighted by Gasteiger charge is 2.37. The fourth-order valence-corrected chi connectivity index (χ4v) is 3.82. The van der Waals surface area contributed by atoms with E-state index < -0.39 is 0 Å². The molecule has 2 amide bonds. The van der Waals surface area contributed by atoms with Crippen LogP contribution < -0.4 is 5.56 Å². The quantitative estimate of drug-likeness (QED) is 0.851. The lowest BCUT2D eigenvalue weighted by Gasteiger charge is -2.23. The van der Waals surface area contributed by atoms with Gasteiger partial charge in [0.2, 0.25) is 11.5 Å². The van der Waals surface area contributed by atoms with Crippen LogP contribution in [0, 0.1) is 11.8 Å². The number of carbonyl (C=O) groups is 2. The largest absolute Gasteiger partial charge is 0.348 e. The van der Waals surface area contributed by atoms with Crippen molar-refractivity contribution in [1.82, 2.24) is 19.7 Å². The molecule has 0 aromatic carbocycles. The molecule has 2 atom stereocenters. The third-order valence-corrected chi connectivity index (χ3v) is 5.38. The van der Waals surface area contributed by atoms with Crippen molar-refractivity contribution >= 4 is 11.8 Å². The summed E-state index contributed by atoms with van der Waals surface area (Å²) in [6, 6.07) is 3.03. The third-order valence-electron chi connectivity index (χ3n) is 5.38. The van der Waals surface area contributed by atoms with E-state index in [9.17, 15) is 14.4 Å². The molecule has 1 aromatic rings. The van der Waals surface area contributed by atoms with Crippen LogP contribution in [0.2, 0.25) is 0 Å². The van der Waals surface area contributed by atoms with Gasteiger partial charge in [-0.25, -0.2) is 0 Å². The molecular formula is C18H26N4O3. The fourth-order valence-electron chi connectivity index (χ4n) is 3.82. The Morgan fingerprint density at radius 1 is 1.20 bits per heavy atom. The maximum absolute atomic E-state index is 12.6. The molecule has 2 saturated heterocycles. The smallest absolute Gasteiger partial charge is 0.254 e. The number of nitrogens with one attached hydrogen (secondary N) is 1. The number of H-pyrrole nitrogens is 1. The number of rotatable bonds is 3. The minimum atomic E-state index is -0.250. The standard InChI is InChI=1S/C18H26N4O3/c1-20(2)17(24)12-21-7-4-14-10-22(11-15(14)5-8-21)18(25)13-3-6-19-16(23)9-13/h3,6,9,14-15H,4-5,7-8,10-12H2,1-2H3,(H,19,23)/t14-,15+. The number of aromatic amines is 1. The molecule has 2 aliphatic heterocycles. The lowest BCUT2D eigenvalue weighted by molar-refractivity contribution is -0.129. The molecule has 0 radical (unpaired) electrons. The summed E-state index contributed by atoms with van der Waals surface area (Å²) in [6.45, 7) is 3.75. The maximum Gasteiger partial charge on any atom is 0.254 e. The van der Waals surface area contributed by atoms with E-state index in [4.69, 9.17) is 0 Å². The van der Waals surface area contributed by atoms with Crippen molar-refractivity contribution < 1.29 is 9.59 Å². The van der Waals surface area contributed by atoms with Gasteiger partial charge in [0.05, 0.1) is 6.54 Å².